The van der Waals surface area contributed by atoms with Crippen molar-refractivity contribution in [1.82, 2.24) is 4.98 Å². The third-order valence-electron chi connectivity index (χ3n) is 2.13. The van der Waals surface area contributed by atoms with Crippen molar-refractivity contribution in [2.24, 2.45) is 4.99 Å². The SMILES string of the molecule is O=CNc1ncccc1N=Cc1ccccc1. The first-order valence-electron chi connectivity index (χ1n) is 5.14. The first-order chi connectivity index (χ1) is 8.40. The van der Waals surface area contributed by atoms with E-state index < -0.39 is 0 Å². The second kappa shape index (κ2) is 5.55. The van der Waals surface area contributed by atoms with Crippen LogP contribution in [-0.2, 0) is 4.79 Å². The minimum Gasteiger partial charge on any atom is -0.312 e. The number of rotatable bonds is 4. The van der Waals surface area contributed by atoms with Crippen molar-refractivity contribution in [2.45, 2.75) is 0 Å². The molecule has 0 saturated heterocycles. The molecule has 2 rings (SSSR count). The molecule has 0 aliphatic carbocycles. The van der Waals surface area contributed by atoms with E-state index in [0.29, 0.717) is 17.9 Å². The summed E-state index contributed by atoms with van der Waals surface area (Å²) in [5.41, 5.74) is 1.62. The van der Waals surface area contributed by atoms with Crippen molar-refractivity contribution in [1.29, 1.82) is 0 Å². The minimum atomic E-state index is 0.453. The van der Waals surface area contributed by atoms with Crippen LogP contribution in [0.4, 0.5) is 11.5 Å². The van der Waals surface area contributed by atoms with Crippen LogP contribution in [0.2, 0.25) is 0 Å². The third-order valence-corrected chi connectivity index (χ3v) is 2.13. The molecule has 0 spiro atoms. The van der Waals surface area contributed by atoms with Gasteiger partial charge in [0.05, 0.1) is 0 Å². The zero-order chi connectivity index (χ0) is 11.9. The van der Waals surface area contributed by atoms with Crippen molar-refractivity contribution < 1.29 is 4.79 Å². The van der Waals surface area contributed by atoms with Gasteiger partial charge in [-0.05, 0) is 17.7 Å². The van der Waals surface area contributed by atoms with E-state index in [1.807, 2.05) is 30.3 Å². The maximum Gasteiger partial charge on any atom is 0.212 e. The quantitative estimate of drug-likeness (QED) is 0.641. The van der Waals surface area contributed by atoms with Crippen molar-refractivity contribution in [3.63, 3.8) is 0 Å². The lowest BCUT2D eigenvalue weighted by Crippen LogP contribution is -1.96. The highest BCUT2D eigenvalue weighted by Gasteiger charge is 1.98. The van der Waals surface area contributed by atoms with Gasteiger partial charge in [-0.2, -0.15) is 0 Å². The molecule has 0 saturated carbocycles. The molecule has 1 aromatic heterocycles. The molecule has 1 heterocycles. The summed E-state index contributed by atoms with van der Waals surface area (Å²) in [6, 6.07) is 13.3. The van der Waals surface area contributed by atoms with E-state index >= 15 is 0 Å². The van der Waals surface area contributed by atoms with Gasteiger partial charge in [0.1, 0.15) is 5.69 Å². The van der Waals surface area contributed by atoms with Crippen LogP contribution in [-0.4, -0.2) is 17.6 Å². The van der Waals surface area contributed by atoms with E-state index in [4.69, 9.17) is 0 Å². The largest absolute Gasteiger partial charge is 0.312 e. The number of aromatic nitrogens is 1. The lowest BCUT2D eigenvalue weighted by atomic mass is 10.2. The van der Waals surface area contributed by atoms with Crippen molar-refractivity contribution in [3.05, 3.63) is 54.2 Å². The fourth-order valence-electron chi connectivity index (χ4n) is 1.35. The average Bonchev–Trinajstić information content (AvgIpc) is 2.39. The number of hydrogen-bond donors (Lipinski definition) is 1. The molecule has 0 unspecified atom stereocenters. The average molecular weight is 225 g/mol. The Hall–Kier alpha value is -2.49. The van der Waals surface area contributed by atoms with E-state index in [0.717, 1.165) is 5.56 Å². The fraction of sp³-hybridized carbons (Fsp3) is 0. The van der Waals surface area contributed by atoms with E-state index in [2.05, 4.69) is 15.3 Å². The van der Waals surface area contributed by atoms with Gasteiger partial charge in [-0.1, -0.05) is 30.3 Å². The summed E-state index contributed by atoms with van der Waals surface area (Å²) in [6.07, 6.45) is 3.92. The Kier molecular flexibility index (Phi) is 3.60. The molecule has 0 radical (unpaired) electrons. The summed E-state index contributed by atoms with van der Waals surface area (Å²) in [7, 11) is 0. The van der Waals surface area contributed by atoms with Gasteiger partial charge < -0.3 is 5.32 Å². The van der Waals surface area contributed by atoms with Crippen LogP contribution in [0.25, 0.3) is 0 Å². The second-order valence-electron chi connectivity index (χ2n) is 3.30. The van der Waals surface area contributed by atoms with Gasteiger partial charge in [0.2, 0.25) is 6.41 Å². The van der Waals surface area contributed by atoms with Gasteiger partial charge in [-0.15, -0.1) is 0 Å². The highest BCUT2D eigenvalue weighted by Crippen LogP contribution is 2.20. The third kappa shape index (κ3) is 2.98. The Labute approximate surface area is 99.0 Å². The first kappa shape index (κ1) is 11.0. The molecule has 84 valence electrons. The van der Waals surface area contributed by atoms with Crippen molar-refractivity contribution >= 4 is 24.1 Å². The molecular formula is C13H11N3O. The van der Waals surface area contributed by atoms with E-state index in [-0.39, 0.29) is 0 Å². The van der Waals surface area contributed by atoms with Gasteiger partial charge in [0.25, 0.3) is 0 Å². The normalized spacial score (nSPS) is 10.4. The topological polar surface area (TPSA) is 54.4 Å². The summed E-state index contributed by atoms with van der Waals surface area (Å²) < 4.78 is 0. The van der Waals surface area contributed by atoms with Gasteiger partial charge in [0, 0.05) is 12.4 Å². The lowest BCUT2D eigenvalue weighted by Gasteiger charge is -2.01. The van der Waals surface area contributed by atoms with Gasteiger partial charge in [-0.25, -0.2) is 4.98 Å². The molecule has 0 aliphatic rings. The van der Waals surface area contributed by atoms with Crippen LogP contribution in [0.3, 0.4) is 0 Å². The number of pyridine rings is 1. The molecular weight excluding hydrogens is 214 g/mol. The number of carbonyl (C=O) groups is 1. The van der Waals surface area contributed by atoms with Gasteiger partial charge in [0.15, 0.2) is 5.82 Å². The molecule has 2 aromatic rings. The smallest absolute Gasteiger partial charge is 0.212 e. The molecule has 1 N–H and O–H groups in total. The predicted octanol–water partition coefficient (Wildman–Crippen LogP) is 2.40. The van der Waals surface area contributed by atoms with Crippen LogP contribution in [0, 0.1) is 0 Å². The number of hydrogen-bond acceptors (Lipinski definition) is 3. The molecule has 1 amide bonds. The number of amides is 1. The monoisotopic (exact) mass is 225 g/mol. The molecule has 17 heavy (non-hydrogen) atoms. The van der Waals surface area contributed by atoms with Crippen LogP contribution in [0.5, 0.6) is 0 Å². The summed E-state index contributed by atoms with van der Waals surface area (Å²) >= 11 is 0. The second-order valence-corrected chi connectivity index (χ2v) is 3.30. The van der Waals surface area contributed by atoms with E-state index in [9.17, 15) is 4.79 Å². The number of anilines is 1. The Morgan fingerprint density at radius 1 is 1.12 bits per heavy atom. The van der Waals surface area contributed by atoms with Crippen molar-refractivity contribution in [3.8, 4) is 0 Å². The van der Waals surface area contributed by atoms with E-state index in [1.54, 1.807) is 24.5 Å². The number of carbonyl (C=O) groups excluding carboxylic acids is 1. The van der Waals surface area contributed by atoms with E-state index in [1.165, 1.54) is 0 Å². The summed E-state index contributed by atoms with van der Waals surface area (Å²) in [6.45, 7) is 0. The summed E-state index contributed by atoms with van der Waals surface area (Å²) in [5, 5.41) is 2.51. The number of nitrogens with one attached hydrogen (secondary N) is 1. The molecule has 1 aromatic carbocycles. The van der Waals surface area contributed by atoms with Crippen LogP contribution >= 0.6 is 0 Å². The molecule has 0 aliphatic heterocycles. The van der Waals surface area contributed by atoms with Crippen molar-refractivity contribution in [2.75, 3.05) is 5.32 Å². The molecule has 4 nitrogen and oxygen atoms in total. The van der Waals surface area contributed by atoms with Gasteiger partial charge >= 0.3 is 0 Å². The molecule has 4 heteroatoms. The Balaban J connectivity index is 2.24. The zero-order valence-corrected chi connectivity index (χ0v) is 9.08. The standard InChI is InChI=1S/C13H11N3O/c17-10-16-13-12(7-4-8-14-13)15-9-11-5-2-1-3-6-11/h1-10H,(H,14,16,17). The Bertz CT molecular complexity index is 523. The Morgan fingerprint density at radius 3 is 2.71 bits per heavy atom. The molecule has 0 bridgehead atoms. The summed E-state index contributed by atoms with van der Waals surface area (Å²) in [5.74, 6) is 0.453. The number of benzene rings is 1. The summed E-state index contributed by atoms with van der Waals surface area (Å²) in [4.78, 5) is 18.7. The maximum absolute atomic E-state index is 10.4. The van der Waals surface area contributed by atoms with Crippen LogP contribution < -0.4 is 5.32 Å². The molecule has 0 atom stereocenters. The number of nitrogens with zero attached hydrogens (tertiary/aromatic N) is 2. The zero-order valence-electron chi connectivity index (χ0n) is 9.08. The Morgan fingerprint density at radius 2 is 1.94 bits per heavy atom. The lowest BCUT2D eigenvalue weighted by molar-refractivity contribution is -0.105. The van der Waals surface area contributed by atoms with Gasteiger partial charge in [-0.3, -0.25) is 9.79 Å². The van der Waals surface area contributed by atoms with Crippen LogP contribution in [0.1, 0.15) is 5.56 Å². The first-order valence-corrected chi connectivity index (χ1v) is 5.14. The maximum atomic E-state index is 10.4. The number of aliphatic imine (C=N–C) groups is 1. The molecule has 0 fully saturated rings. The minimum absolute atomic E-state index is 0.453. The van der Waals surface area contributed by atoms with Crippen LogP contribution in [0.15, 0.2) is 53.7 Å². The fourth-order valence-corrected chi connectivity index (χ4v) is 1.35. The predicted molar refractivity (Wildman–Crippen MR) is 67.6 cm³/mol. The highest BCUT2D eigenvalue weighted by molar-refractivity contribution is 5.85. The highest BCUT2D eigenvalue weighted by atomic mass is 16.1.